The van der Waals surface area contributed by atoms with Crippen molar-refractivity contribution in [1.29, 1.82) is 0 Å². The van der Waals surface area contributed by atoms with E-state index in [2.05, 4.69) is 34.9 Å². The molecule has 0 saturated carbocycles. The van der Waals surface area contributed by atoms with Crippen LogP contribution in [0.3, 0.4) is 0 Å². The molecule has 0 unspecified atom stereocenters. The quantitative estimate of drug-likeness (QED) is 0.243. The van der Waals surface area contributed by atoms with Crippen LogP contribution in [0.1, 0.15) is 53.4 Å². The van der Waals surface area contributed by atoms with Crippen molar-refractivity contribution in [1.82, 2.24) is 10.9 Å². The van der Waals surface area contributed by atoms with Gasteiger partial charge < -0.3 is 0 Å². The maximum Gasteiger partial charge on any atom is 0.153 e. The Morgan fingerprint density at radius 2 is 1.13 bits per heavy atom. The van der Waals surface area contributed by atoms with Gasteiger partial charge in [-0.3, -0.25) is 10.9 Å². The third kappa shape index (κ3) is 22.5. The second kappa shape index (κ2) is 20.5. The molecule has 2 N–H and O–H groups in total. The molecule has 0 aliphatic heterocycles. The molecule has 0 fully saturated rings. The molecular formula is C14H28N4PdS4. The molecule has 4 nitrogen and oxygen atoms in total. The SMILES string of the molecule is CCCC(C)=NNC(=S)SC.CCCC(C)=NNC(=S)SC.[Pd]. The number of hydrogen-bond acceptors (Lipinski definition) is 6. The summed E-state index contributed by atoms with van der Waals surface area (Å²) in [5.74, 6) is 0. The van der Waals surface area contributed by atoms with Gasteiger partial charge in [0.25, 0.3) is 0 Å². The van der Waals surface area contributed by atoms with Crippen molar-refractivity contribution < 1.29 is 20.4 Å². The molecule has 0 saturated heterocycles. The van der Waals surface area contributed by atoms with Crippen LogP contribution in [0.4, 0.5) is 0 Å². The molecular weight excluding hydrogens is 459 g/mol. The van der Waals surface area contributed by atoms with Crippen LogP contribution in [0.25, 0.3) is 0 Å². The largest absolute Gasteiger partial charge is 0.262 e. The van der Waals surface area contributed by atoms with Crippen molar-refractivity contribution in [2.24, 2.45) is 10.2 Å². The summed E-state index contributed by atoms with van der Waals surface area (Å²) in [7, 11) is 0. The molecule has 0 amide bonds. The number of nitrogens with zero attached hydrogens (tertiary/aromatic N) is 2. The second-order valence-corrected chi connectivity index (χ2v) is 7.37. The van der Waals surface area contributed by atoms with Gasteiger partial charge in [-0.2, -0.15) is 10.2 Å². The summed E-state index contributed by atoms with van der Waals surface area (Å²) >= 11 is 12.8. The number of rotatable bonds is 6. The Labute approximate surface area is 174 Å². The first-order valence-corrected chi connectivity index (χ1v) is 10.4. The molecule has 0 atom stereocenters. The Kier molecular flexibility index (Phi) is 25.2. The first-order chi connectivity index (χ1) is 10.4. The zero-order valence-corrected chi connectivity index (χ0v) is 19.5. The predicted octanol–water partition coefficient (Wildman–Crippen LogP) is 4.80. The fourth-order valence-electron chi connectivity index (χ4n) is 1.21. The monoisotopic (exact) mass is 486 g/mol. The zero-order chi connectivity index (χ0) is 17.4. The minimum Gasteiger partial charge on any atom is -0.262 e. The molecule has 0 radical (unpaired) electrons. The van der Waals surface area contributed by atoms with Crippen molar-refractivity contribution >= 4 is 68.0 Å². The van der Waals surface area contributed by atoms with E-state index in [0.29, 0.717) is 0 Å². The third-order valence-corrected chi connectivity index (χ3v) is 4.38. The third-order valence-electron chi connectivity index (χ3n) is 2.27. The zero-order valence-electron chi connectivity index (χ0n) is 14.7. The van der Waals surface area contributed by atoms with Gasteiger partial charge in [0.1, 0.15) is 0 Å². The van der Waals surface area contributed by atoms with E-state index in [1.165, 1.54) is 23.5 Å². The Morgan fingerprint density at radius 1 is 0.826 bits per heavy atom. The Hall–Kier alpha value is 0.482. The fraction of sp³-hybridized carbons (Fsp3) is 0.714. The molecule has 0 aliphatic carbocycles. The average Bonchev–Trinajstić information content (AvgIpc) is 2.51. The molecule has 9 heteroatoms. The van der Waals surface area contributed by atoms with E-state index < -0.39 is 0 Å². The standard InChI is InChI=1S/2C7H14N2S2.Pd/c2*1-4-5-6(2)8-9-7(10)11-3;/h2*4-5H2,1-3H3,(H,9,10);. The van der Waals surface area contributed by atoms with E-state index in [0.717, 1.165) is 45.7 Å². The number of hydrogen-bond donors (Lipinski definition) is 2. The summed E-state index contributed by atoms with van der Waals surface area (Å²) in [6.07, 6.45) is 8.18. The van der Waals surface area contributed by atoms with Crippen LogP contribution in [0.2, 0.25) is 0 Å². The molecule has 0 bridgehead atoms. The molecule has 0 aromatic carbocycles. The summed E-state index contributed by atoms with van der Waals surface area (Å²) < 4.78 is 1.45. The van der Waals surface area contributed by atoms with Gasteiger partial charge >= 0.3 is 0 Å². The molecule has 0 spiro atoms. The Bertz CT molecular complexity index is 351. The minimum absolute atomic E-state index is 0. The first-order valence-electron chi connectivity index (χ1n) is 7.15. The van der Waals surface area contributed by atoms with E-state index in [1.54, 1.807) is 0 Å². The van der Waals surface area contributed by atoms with Gasteiger partial charge in [-0.25, -0.2) is 0 Å². The maximum absolute atomic E-state index is 4.90. The predicted molar refractivity (Wildman–Crippen MR) is 115 cm³/mol. The van der Waals surface area contributed by atoms with Crippen LogP contribution in [0.5, 0.6) is 0 Å². The molecule has 138 valence electrons. The van der Waals surface area contributed by atoms with Crippen LogP contribution in [0.15, 0.2) is 10.2 Å². The van der Waals surface area contributed by atoms with Crippen LogP contribution in [-0.2, 0) is 20.4 Å². The average molecular weight is 487 g/mol. The normalized spacial score (nSPS) is 10.9. The second-order valence-electron chi connectivity index (χ2n) is 4.40. The van der Waals surface area contributed by atoms with Crippen LogP contribution in [-0.4, -0.2) is 32.6 Å². The summed E-state index contributed by atoms with van der Waals surface area (Å²) in [4.78, 5) is 0. The van der Waals surface area contributed by atoms with E-state index in [4.69, 9.17) is 24.4 Å². The molecule has 23 heavy (non-hydrogen) atoms. The van der Waals surface area contributed by atoms with Crippen molar-refractivity contribution in [3.63, 3.8) is 0 Å². The smallest absolute Gasteiger partial charge is 0.153 e. The molecule has 0 aromatic heterocycles. The van der Waals surface area contributed by atoms with Crippen LogP contribution < -0.4 is 10.9 Å². The molecule has 0 heterocycles. The van der Waals surface area contributed by atoms with E-state index in [-0.39, 0.29) is 20.4 Å². The molecule has 0 aromatic rings. The number of thioether (sulfide) groups is 2. The van der Waals surface area contributed by atoms with Crippen LogP contribution >= 0.6 is 48.0 Å². The van der Waals surface area contributed by atoms with E-state index >= 15 is 0 Å². The van der Waals surface area contributed by atoms with E-state index in [1.807, 2.05) is 26.4 Å². The van der Waals surface area contributed by atoms with Gasteiger partial charge in [0, 0.05) is 31.8 Å². The topological polar surface area (TPSA) is 48.8 Å². The van der Waals surface area contributed by atoms with Crippen molar-refractivity contribution in [3.8, 4) is 0 Å². The number of hydrazone groups is 2. The summed E-state index contributed by atoms with van der Waals surface area (Å²) in [5.41, 5.74) is 7.80. The maximum atomic E-state index is 4.90. The number of thiocarbonyl (C=S) groups is 2. The fourth-order valence-corrected chi connectivity index (χ4v) is 1.57. The van der Waals surface area contributed by atoms with Crippen molar-refractivity contribution in [2.45, 2.75) is 53.4 Å². The minimum atomic E-state index is 0. The number of nitrogens with one attached hydrogen (secondary N) is 2. The van der Waals surface area contributed by atoms with Gasteiger partial charge in [-0.05, 0) is 39.2 Å². The summed E-state index contributed by atoms with van der Waals surface area (Å²) in [6.45, 7) is 8.26. The first kappa shape index (κ1) is 28.3. The Balaban J connectivity index is -0.000000333. The Morgan fingerprint density at radius 3 is 1.35 bits per heavy atom. The van der Waals surface area contributed by atoms with E-state index in [9.17, 15) is 0 Å². The van der Waals surface area contributed by atoms with Gasteiger partial charge in [0.2, 0.25) is 0 Å². The van der Waals surface area contributed by atoms with Gasteiger partial charge in [0.15, 0.2) is 8.64 Å². The molecule has 0 aliphatic rings. The molecule has 0 rings (SSSR count). The van der Waals surface area contributed by atoms with Crippen molar-refractivity contribution in [2.75, 3.05) is 12.5 Å². The summed E-state index contributed by atoms with van der Waals surface area (Å²) in [6, 6.07) is 0. The van der Waals surface area contributed by atoms with Gasteiger partial charge in [-0.15, -0.1) is 0 Å². The van der Waals surface area contributed by atoms with Crippen molar-refractivity contribution in [3.05, 3.63) is 0 Å². The van der Waals surface area contributed by atoms with Gasteiger partial charge in [0.05, 0.1) is 0 Å². The van der Waals surface area contributed by atoms with Gasteiger partial charge in [-0.1, -0.05) is 74.6 Å². The van der Waals surface area contributed by atoms with Crippen LogP contribution in [0, 0.1) is 0 Å². The summed E-state index contributed by atoms with van der Waals surface area (Å²) in [5, 5.41) is 8.18.